The van der Waals surface area contributed by atoms with E-state index in [-0.39, 0.29) is 23.3 Å². The lowest BCUT2D eigenvalue weighted by molar-refractivity contribution is -0.158. The smallest absolute Gasteiger partial charge is 0.237 e. The third kappa shape index (κ3) is 3.82. The topological polar surface area (TPSA) is 72.9 Å². The minimum Gasteiger partial charge on any atom is -0.345 e. The summed E-state index contributed by atoms with van der Waals surface area (Å²) < 4.78 is 0. The van der Waals surface area contributed by atoms with E-state index in [1.807, 2.05) is 22.9 Å². The highest BCUT2D eigenvalue weighted by Crippen LogP contribution is 2.43. The number of carbonyl (C=O) groups excluding carboxylic acids is 2. The average Bonchev–Trinajstić information content (AvgIpc) is 2.75. The zero-order valence-electron chi connectivity index (χ0n) is 17.6. The van der Waals surface area contributed by atoms with Crippen molar-refractivity contribution in [3.63, 3.8) is 0 Å². The van der Waals surface area contributed by atoms with E-state index in [1.165, 1.54) is 0 Å². The van der Waals surface area contributed by atoms with Crippen LogP contribution >= 0.6 is 0 Å². The van der Waals surface area contributed by atoms with Gasteiger partial charge in [-0.05, 0) is 38.7 Å². The molecule has 1 spiro atoms. The van der Waals surface area contributed by atoms with Gasteiger partial charge in [-0.1, -0.05) is 0 Å². The summed E-state index contributed by atoms with van der Waals surface area (Å²) in [5, 5.41) is 0. The van der Waals surface area contributed by atoms with Crippen molar-refractivity contribution < 1.29 is 9.59 Å². The van der Waals surface area contributed by atoms with Crippen molar-refractivity contribution in [2.24, 2.45) is 5.41 Å². The number of piperazine rings is 1. The lowest BCUT2D eigenvalue weighted by atomic mass is 9.68. The van der Waals surface area contributed by atoms with Gasteiger partial charge in [-0.3, -0.25) is 14.5 Å². The molecule has 4 heterocycles. The minimum absolute atomic E-state index is 0.0296. The van der Waals surface area contributed by atoms with Crippen LogP contribution < -0.4 is 4.90 Å². The summed E-state index contributed by atoms with van der Waals surface area (Å²) in [5.41, 5.74) is -0.385. The van der Waals surface area contributed by atoms with E-state index < -0.39 is 0 Å². The van der Waals surface area contributed by atoms with Crippen LogP contribution in [-0.2, 0) is 9.59 Å². The van der Waals surface area contributed by atoms with Crippen LogP contribution in [0.5, 0.6) is 0 Å². The molecule has 3 aliphatic rings. The molecule has 4 rings (SSSR count). The lowest BCUT2D eigenvalue weighted by Gasteiger charge is -2.51. The molecule has 1 aromatic heterocycles. The molecular formula is C21H32N6O2. The fourth-order valence-corrected chi connectivity index (χ4v) is 5.29. The van der Waals surface area contributed by atoms with Crippen LogP contribution in [0, 0.1) is 5.41 Å². The van der Waals surface area contributed by atoms with E-state index in [1.54, 1.807) is 12.4 Å². The highest BCUT2D eigenvalue weighted by molar-refractivity contribution is 5.86. The molecule has 0 unspecified atom stereocenters. The molecule has 2 atom stereocenters. The fraction of sp³-hybridized carbons (Fsp3) is 0.714. The molecule has 0 radical (unpaired) electrons. The second-order valence-electron chi connectivity index (χ2n) is 8.67. The van der Waals surface area contributed by atoms with Crippen LogP contribution in [0.25, 0.3) is 0 Å². The van der Waals surface area contributed by atoms with Gasteiger partial charge in [-0.15, -0.1) is 0 Å². The van der Waals surface area contributed by atoms with E-state index >= 15 is 0 Å². The molecule has 2 amide bonds. The van der Waals surface area contributed by atoms with E-state index in [0.717, 1.165) is 70.9 Å². The number of anilines is 1. The number of piperidine rings is 2. The third-order valence-corrected chi connectivity index (χ3v) is 7.06. The zero-order chi connectivity index (χ0) is 20.4. The SMILES string of the molecule is C[C@@H]1N(C(=O)CN2CCN(c3ncccn3)CC2)CCC[C@@]12CCCN(C)C2=O. The number of likely N-dealkylation sites (tertiary alicyclic amines) is 2. The van der Waals surface area contributed by atoms with E-state index in [4.69, 9.17) is 0 Å². The van der Waals surface area contributed by atoms with Gasteiger partial charge in [-0.25, -0.2) is 9.97 Å². The molecular weight excluding hydrogens is 368 g/mol. The summed E-state index contributed by atoms with van der Waals surface area (Å²) in [6.07, 6.45) is 7.26. The lowest BCUT2D eigenvalue weighted by Crippen LogP contribution is -2.62. The van der Waals surface area contributed by atoms with Crippen LogP contribution in [0.1, 0.15) is 32.6 Å². The third-order valence-electron chi connectivity index (χ3n) is 7.06. The molecule has 0 bridgehead atoms. The number of amides is 2. The quantitative estimate of drug-likeness (QED) is 0.749. The molecule has 8 heteroatoms. The van der Waals surface area contributed by atoms with Crippen LogP contribution in [0.4, 0.5) is 5.95 Å². The monoisotopic (exact) mass is 400 g/mol. The van der Waals surface area contributed by atoms with Crippen molar-refractivity contribution in [3.8, 4) is 0 Å². The first-order valence-corrected chi connectivity index (χ1v) is 10.8. The van der Waals surface area contributed by atoms with Crippen molar-refractivity contribution in [1.29, 1.82) is 0 Å². The predicted octanol–water partition coefficient (Wildman–Crippen LogP) is 0.848. The maximum atomic E-state index is 13.2. The van der Waals surface area contributed by atoms with Crippen molar-refractivity contribution in [2.45, 2.75) is 38.6 Å². The van der Waals surface area contributed by atoms with Crippen LogP contribution in [0.3, 0.4) is 0 Å². The van der Waals surface area contributed by atoms with Gasteiger partial charge >= 0.3 is 0 Å². The first-order valence-electron chi connectivity index (χ1n) is 10.8. The molecule has 3 aliphatic heterocycles. The fourth-order valence-electron chi connectivity index (χ4n) is 5.29. The second kappa shape index (κ2) is 8.26. The standard InChI is InChI=1S/C21H32N6O2/c1-17-21(6-3-10-24(2)19(21)29)7-4-11-27(17)18(28)16-25-12-14-26(15-13-25)20-22-8-5-9-23-20/h5,8-9,17H,3-4,6-7,10-16H2,1-2H3/t17-,21-/m0/s1. The molecule has 3 saturated heterocycles. The van der Waals surface area contributed by atoms with Gasteiger partial charge in [0.25, 0.3) is 0 Å². The molecule has 0 saturated carbocycles. The largest absolute Gasteiger partial charge is 0.345 e. The number of hydrogen-bond donors (Lipinski definition) is 0. The normalized spacial score (nSPS) is 28.8. The average molecular weight is 401 g/mol. The Morgan fingerprint density at radius 2 is 1.72 bits per heavy atom. The van der Waals surface area contributed by atoms with Crippen molar-refractivity contribution in [3.05, 3.63) is 18.5 Å². The maximum absolute atomic E-state index is 13.2. The van der Waals surface area contributed by atoms with Gasteiger partial charge in [0.05, 0.1) is 12.0 Å². The summed E-state index contributed by atoms with van der Waals surface area (Å²) in [7, 11) is 1.90. The molecule has 0 aromatic carbocycles. The van der Waals surface area contributed by atoms with Crippen LogP contribution in [-0.4, -0.2) is 95.4 Å². The van der Waals surface area contributed by atoms with Gasteiger partial charge in [0.1, 0.15) is 0 Å². The molecule has 3 fully saturated rings. The van der Waals surface area contributed by atoms with Crippen LogP contribution in [0.2, 0.25) is 0 Å². The number of hydrogen-bond acceptors (Lipinski definition) is 6. The minimum atomic E-state index is -0.385. The molecule has 0 N–H and O–H groups in total. The highest BCUT2D eigenvalue weighted by Gasteiger charge is 2.51. The van der Waals surface area contributed by atoms with E-state index in [9.17, 15) is 9.59 Å². The highest BCUT2D eigenvalue weighted by atomic mass is 16.2. The Kier molecular flexibility index (Phi) is 5.72. The Morgan fingerprint density at radius 1 is 1.07 bits per heavy atom. The van der Waals surface area contributed by atoms with Gasteiger partial charge in [0.15, 0.2) is 0 Å². The Labute approximate surface area is 172 Å². The Morgan fingerprint density at radius 3 is 2.41 bits per heavy atom. The van der Waals surface area contributed by atoms with Gasteiger partial charge in [0.2, 0.25) is 17.8 Å². The summed E-state index contributed by atoms with van der Waals surface area (Å²) in [5.74, 6) is 1.14. The van der Waals surface area contributed by atoms with E-state index in [0.29, 0.717) is 6.54 Å². The van der Waals surface area contributed by atoms with Gasteiger partial charge in [-0.2, -0.15) is 0 Å². The van der Waals surface area contributed by atoms with Crippen LogP contribution in [0.15, 0.2) is 18.5 Å². The first kappa shape index (κ1) is 20.1. The number of nitrogens with zero attached hydrogens (tertiary/aromatic N) is 6. The second-order valence-corrected chi connectivity index (χ2v) is 8.67. The summed E-state index contributed by atoms with van der Waals surface area (Å²) in [6, 6.07) is 1.79. The van der Waals surface area contributed by atoms with Crippen molar-refractivity contribution >= 4 is 17.8 Å². The number of aromatic nitrogens is 2. The van der Waals surface area contributed by atoms with Gasteiger partial charge < -0.3 is 14.7 Å². The number of carbonyl (C=O) groups is 2. The summed E-state index contributed by atoms with van der Waals surface area (Å²) in [6.45, 7) is 7.37. The van der Waals surface area contributed by atoms with E-state index in [2.05, 4.69) is 26.7 Å². The summed E-state index contributed by atoms with van der Waals surface area (Å²) >= 11 is 0. The molecule has 29 heavy (non-hydrogen) atoms. The molecule has 1 aromatic rings. The molecule has 158 valence electrons. The number of rotatable bonds is 3. The van der Waals surface area contributed by atoms with Gasteiger partial charge in [0, 0.05) is 64.8 Å². The molecule has 0 aliphatic carbocycles. The predicted molar refractivity (Wildman–Crippen MR) is 110 cm³/mol. The Hall–Kier alpha value is -2.22. The molecule has 8 nitrogen and oxygen atoms in total. The zero-order valence-corrected chi connectivity index (χ0v) is 17.6. The Bertz CT molecular complexity index is 732. The summed E-state index contributed by atoms with van der Waals surface area (Å²) in [4.78, 5) is 43.0. The first-order chi connectivity index (χ1) is 14.0. The maximum Gasteiger partial charge on any atom is 0.237 e. The Balaban J connectivity index is 1.36. The van der Waals surface area contributed by atoms with Crippen molar-refractivity contribution in [2.75, 3.05) is 57.8 Å². The van der Waals surface area contributed by atoms with Crippen molar-refractivity contribution in [1.82, 2.24) is 24.7 Å².